The van der Waals surface area contributed by atoms with E-state index in [-0.39, 0.29) is 24.4 Å². The Labute approximate surface area is 180 Å². The fourth-order valence-electron chi connectivity index (χ4n) is 3.12. The minimum atomic E-state index is -0.326. The molecule has 1 amide bonds. The number of carbonyl (C=O) groups excluding carboxylic acids is 1. The molecule has 0 aliphatic carbocycles. The quantitative estimate of drug-likeness (QED) is 0.327. The molecular weight excluding hydrogens is 396 g/mol. The van der Waals surface area contributed by atoms with E-state index in [4.69, 9.17) is 15.3 Å². The molecule has 1 unspecified atom stereocenters. The zero-order valence-electron chi connectivity index (χ0n) is 18.0. The summed E-state index contributed by atoms with van der Waals surface area (Å²) < 4.78 is 7.07. The lowest BCUT2D eigenvalue weighted by Crippen LogP contribution is -2.30. The van der Waals surface area contributed by atoms with Crippen LogP contribution in [-0.2, 0) is 9.63 Å². The third-order valence-electron chi connectivity index (χ3n) is 4.61. The number of methoxy groups -OCH3 is 1. The van der Waals surface area contributed by atoms with Gasteiger partial charge in [0.15, 0.2) is 18.3 Å². The summed E-state index contributed by atoms with van der Waals surface area (Å²) in [5, 5.41) is 11.1. The number of amidine groups is 1. The maximum atomic E-state index is 12.2. The maximum absolute atomic E-state index is 12.2. The van der Waals surface area contributed by atoms with Gasteiger partial charge in [0.2, 0.25) is 0 Å². The summed E-state index contributed by atoms with van der Waals surface area (Å²) >= 11 is 0. The number of nitrogens with one attached hydrogen (secondary N) is 1. The van der Waals surface area contributed by atoms with Gasteiger partial charge in [0.05, 0.1) is 18.8 Å². The molecule has 2 heterocycles. The maximum Gasteiger partial charge on any atom is 0.261 e. The van der Waals surface area contributed by atoms with Gasteiger partial charge in [-0.3, -0.25) is 4.79 Å². The van der Waals surface area contributed by atoms with E-state index in [2.05, 4.69) is 20.6 Å². The Morgan fingerprint density at radius 2 is 2.03 bits per heavy atom. The number of benzene rings is 1. The molecule has 162 valence electrons. The summed E-state index contributed by atoms with van der Waals surface area (Å²) in [4.78, 5) is 21.7. The average Bonchev–Trinajstić information content (AvgIpc) is 3.11. The normalized spacial score (nSPS) is 12.3. The molecule has 0 fully saturated rings. The second-order valence-corrected chi connectivity index (χ2v) is 7.03. The number of nitrogens with two attached hydrogens (primary N) is 1. The van der Waals surface area contributed by atoms with E-state index in [1.54, 1.807) is 30.1 Å². The van der Waals surface area contributed by atoms with Crippen molar-refractivity contribution in [1.29, 1.82) is 0 Å². The Bertz CT molecular complexity index is 1080. The van der Waals surface area contributed by atoms with Crippen molar-refractivity contribution in [2.45, 2.75) is 26.8 Å². The highest BCUT2D eigenvalue weighted by molar-refractivity contribution is 5.96. The second-order valence-electron chi connectivity index (χ2n) is 7.03. The van der Waals surface area contributed by atoms with E-state index in [1.807, 2.05) is 51.1 Å². The highest BCUT2D eigenvalue weighted by Crippen LogP contribution is 2.24. The SMILES string of the molecule is COc1ccccc1C(C)NC(=O)CO/N=C(/N)c1ccc(-n2nc(C)cc2C)nc1. The van der Waals surface area contributed by atoms with Crippen molar-refractivity contribution in [3.8, 4) is 11.6 Å². The third-order valence-corrected chi connectivity index (χ3v) is 4.61. The smallest absolute Gasteiger partial charge is 0.261 e. The number of hydrogen-bond donors (Lipinski definition) is 2. The Morgan fingerprint density at radius 3 is 2.68 bits per heavy atom. The number of ether oxygens (including phenoxy) is 1. The highest BCUT2D eigenvalue weighted by atomic mass is 16.6. The highest BCUT2D eigenvalue weighted by Gasteiger charge is 2.14. The van der Waals surface area contributed by atoms with Gasteiger partial charge in [-0.15, -0.1) is 0 Å². The summed E-state index contributed by atoms with van der Waals surface area (Å²) in [6.07, 6.45) is 1.58. The number of hydrogen-bond acceptors (Lipinski definition) is 6. The van der Waals surface area contributed by atoms with Crippen LogP contribution in [0.15, 0.2) is 53.8 Å². The van der Waals surface area contributed by atoms with Gasteiger partial charge < -0.3 is 20.6 Å². The molecule has 31 heavy (non-hydrogen) atoms. The molecule has 0 radical (unpaired) electrons. The molecule has 0 aliphatic heterocycles. The number of aromatic nitrogens is 3. The lowest BCUT2D eigenvalue weighted by Gasteiger charge is -2.16. The second kappa shape index (κ2) is 9.75. The van der Waals surface area contributed by atoms with Crippen LogP contribution in [0.5, 0.6) is 5.75 Å². The Kier molecular flexibility index (Phi) is 6.86. The van der Waals surface area contributed by atoms with Crippen molar-refractivity contribution in [3.63, 3.8) is 0 Å². The molecule has 1 aromatic carbocycles. The first kappa shape index (κ1) is 21.8. The van der Waals surface area contributed by atoms with E-state index in [0.29, 0.717) is 17.1 Å². The van der Waals surface area contributed by atoms with E-state index in [9.17, 15) is 4.79 Å². The topological polar surface area (TPSA) is 117 Å². The fraction of sp³-hybridized carbons (Fsp3) is 0.273. The molecule has 0 saturated carbocycles. The van der Waals surface area contributed by atoms with Crippen molar-refractivity contribution in [2.75, 3.05) is 13.7 Å². The van der Waals surface area contributed by atoms with Gasteiger partial charge in [-0.25, -0.2) is 9.67 Å². The minimum Gasteiger partial charge on any atom is -0.496 e. The van der Waals surface area contributed by atoms with Gasteiger partial charge in [-0.05, 0) is 45.0 Å². The molecule has 3 N–H and O–H groups in total. The number of carbonyl (C=O) groups is 1. The molecular formula is C22H26N6O3. The van der Waals surface area contributed by atoms with Crippen molar-refractivity contribution < 1.29 is 14.4 Å². The first-order valence-corrected chi connectivity index (χ1v) is 9.76. The van der Waals surface area contributed by atoms with Crippen LogP contribution in [0.1, 0.15) is 35.5 Å². The summed E-state index contributed by atoms with van der Waals surface area (Å²) in [6, 6.07) is 12.8. The number of oxime groups is 1. The summed E-state index contributed by atoms with van der Waals surface area (Å²) in [6.45, 7) is 5.48. The van der Waals surface area contributed by atoms with Gasteiger partial charge >= 0.3 is 0 Å². The minimum absolute atomic E-state index is 0.123. The monoisotopic (exact) mass is 422 g/mol. The molecule has 2 aromatic heterocycles. The fourth-order valence-corrected chi connectivity index (χ4v) is 3.12. The van der Waals surface area contributed by atoms with Gasteiger partial charge in [0.25, 0.3) is 5.91 Å². The van der Waals surface area contributed by atoms with Crippen molar-refractivity contribution >= 4 is 11.7 Å². The summed E-state index contributed by atoms with van der Waals surface area (Å²) in [5.41, 5.74) is 9.29. The van der Waals surface area contributed by atoms with E-state index in [1.165, 1.54) is 0 Å². The largest absolute Gasteiger partial charge is 0.496 e. The molecule has 0 aliphatic rings. The lowest BCUT2D eigenvalue weighted by atomic mass is 10.1. The Morgan fingerprint density at radius 1 is 1.26 bits per heavy atom. The van der Waals surface area contributed by atoms with E-state index < -0.39 is 0 Å². The molecule has 0 saturated heterocycles. The Hall–Kier alpha value is -3.88. The predicted octanol–water partition coefficient (Wildman–Crippen LogP) is 2.41. The Balaban J connectivity index is 1.55. The van der Waals surface area contributed by atoms with Crippen LogP contribution in [0.25, 0.3) is 5.82 Å². The molecule has 0 bridgehead atoms. The van der Waals surface area contributed by atoms with Crippen LogP contribution in [0.3, 0.4) is 0 Å². The van der Waals surface area contributed by atoms with Crippen molar-refractivity contribution in [1.82, 2.24) is 20.1 Å². The third kappa shape index (κ3) is 5.39. The van der Waals surface area contributed by atoms with Gasteiger partial charge in [0.1, 0.15) is 5.75 Å². The lowest BCUT2D eigenvalue weighted by molar-refractivity contribution is -0.126. The van der Waals surface area contributed by atoms with E-state index >= 15 is 0 Å². The summed E-state index contributed by atoms with van der Waals surface area (Å²) in [7, 11) is 1.59. The number of pyridine rings is 1. The van der Waals surface area contributed by atoms with E-state index in [0.717, 1.165) is 17.0 Å². The number of rotatable bonds is 8. The molecule has 3 rings (SSSR count). The molecule has 1 atom stereocenters. The molecule has 3 aromatic rings. The van der Waals surface area contributed by atoms with Crippen LogP contribution >= 0.6 is 0 Å². The van der Waals surface area contributed by atoms with Crippen LogP contribution in [-0.4, -0.2) is 40.2 Å². The van der Waals surface area contributed by atoms with Gasteiger partial charge in [-0.1, -0.05) is 23.4 Å². The molecule has 9 nitrogen and oxygen atoms in total. The van der Waals surface area contributed by atoms with Crippen LogP contribution in [0.2, 0.25) is 0 Å². The number of aryl methyl sites for hydroxylation is 2. The summed E-state index contributed by atoms with van der Waals surface area (Å²) in [5.74, 6) is 1.17. The zero-order valence-corrected chi connectivity index (χ0v) is 18.0. The van der Waals surface area contributed by atoms with Gasteiger partial charge in [-0.2, -0.15) is 5.10 Å². The average molecular weight is 422 g/mol. The molecule has 9 heteroatoms. The van der Waals surface area contributed by atoms with Gasteiger partial charge in [0, 0.05) is 23.0 Å². The molecule has 0 spiro atoms. The number of nitrogens with zero attached hydrogens (tertiary/aromatic N) is 4. The predicted molar refractivity (Wildman–Crippen MR) is 117 cm³/mol. The van der Waals surface area contributed by atoms with Crippen LogP contribution in [0, 0.1) is 13.8 Å². The first-order chi connectivity index (χ1) is 14.9. The zero-order chi connectivity index (χ0) is 22.4. The van der Waals surface area contributed by atoms with Crippen molar-refractivity contribution in [3.05, 3.63) is 71.2 Å². The number of para-hydroxylation sites is 1. The van der Waals surface area contributed by atoms with Crippen LogP contribution in [0.4, 0.5) is 0 Å². The number of amides is 1. The van der Waals surface area contributed by atoms with Crippen LogP contribution < -0.4 is 15.8 Å². The standard InChI is InChI=1S/C22H26N6O3/c1-14-11-15(2)28(26-14)20-10-9-17(12-24-20)22(23)27-31-13-21(29)25-16(3)18-7-5-6-8-19(18)30-4/h5-12,16H,13H2,1-4H3,(H2,23,27)(H,25,29). The first-order valence-electron chi connectivity index (χ1n) is 9.76. The van der Waals surface area contributed by atoms with Crippen molar-refractivity contribution in [2.24, 2.45) is 10.9 Å².